The van der Waals surface area contributed by atoms with Gasteiger partial charge in [0.25, 0.3) is 0 Å². The van der Waals surface area contributed by atoms with Gasteiger partial charge < -0.3 is 11.1 Å². The van der Waals surface area contributed by atoms with Crippen LogP contribution in [0.1, 0.15) is 24.0 Å². The molecule has 3 heteroatoms. The van der Waals surface area contributed by atoms with Gasteiger partial charge in [-0.3, -0.25) is 4.79 Å². The van der Waals surface area contributed by atoms with Crippen molar-refractivity contribution in [1.29, 1.82) is 0 Å². The van der Waals surface area contributed by atoms with Crippen molar-refractivity contribution in [2.45, 2.75) is 25.3 Å². The van der Waals surface area contributed by atoms with Gasteiger partial charge in [-0.25, -0.2) is 0 Å². The van der Waals surface area contributed by atoms with Crippen LogP contribution in [0.25, 0.3) is 0 Å². The van der Waals surface area contributed by atoms with E-state index in [0.717, 1.165) is 12.5 Å². The van der Waals surface area contributed by atoms with E-state index in [1.54, 1.807) is 6.92 Å². The number of amides is 1. The minimum absolute atomic E-state index is 0.0386. The van der Waals surface area contributed by atoms with Crippen molar-refractivity contribution in [3.05, 3.63) is 35.4 Å². The van der Waals surface area contributed by atoms with Crippen molar-refractivity contribution >= 4 is 5.91 Å². The number of hydrogen-bond donors (Lipinski definition) is 2. The zero-order valence-electron chi connectivity index (χ0n) is 10.0. The summed E-state index contributed by atoms with van der Waals surface area (Å²) in [4.78, 5) is 11.4. The van der Waals surface area contributed by atoms with Crippen LogP contribution >= 0.6 is 0 Å². The van der Waals surface area contributed by atoms with E-state index in [4.69, 9.17) is 5.73 Å². The van der Waals surface area contributed by atoms with Crippen molar-refractivity contribution in [3.63, 3.8) is 0 Å². The molecule has 3 rings (SSSR count). The molecule has 4 unspecified atom stereocenters. The Morgan fingerprint density at radius 1 is 1.53 bits per heavy atom. The van der Waals surface area contributed by atoms with Crippen LogP contribution in [0.15, 0.2) is 24.3 Å². The number of carbonyl (C=O) groups excluding carboxylic acids is 1. The first kappa shape index (κ1) is 10.8. The molecule has 1 aromatic carbocycles. The van der Waals surface area contributed by atoms with Crippen LogP contribution in [0, 0.1) is 11.8 Å². The highest BCUT2D eigenvalue weighted by atomic mass is 16.2. The molecule has 2 aliphatic rings. The lowest BCUT2D eigenvalue weighted by atomic mass is 10.0. The molecule has 0 radical (unpaired) electrons. The molecule has 17 heavy (non-hydrogen) atoms. The Labute approximate surface area is 101 Å². The van der Waals surface area contributed by atoms with Crippen LogP contribution in [0.4, 0.5) is 0 Å². The predicted molar refractivity (Wildman–Crippen MR) is 66.5 cm³/mol. The van der Waals surface area contributed by atoms with E-state index in [1.807, 2.05) is 0 Å². The summed E-state index contributed by atoms with van der Waals surface area (Å²) < 4.78 is 0. The summed E-state index contributed by atoms with van der Waals surface area (Å²) in [6, 6.07) is 8.26. The zero-order valence-corrected chi connectivity index (χ0v) is 10.0. The SMILES string of the molecule is CC(N)C(=O)NCC1C2Cc3ccccc3C12. The highest BCUT2D eigenvalue weighted by Gasteiger charge is 2.54. The molecule has 0 aliphatic heterocycles. The van der Waals surface area contributed by atoms with Gasteiger partial charge in [0.15, 0.2) is 0 Å². The van der Waals surface area contributed by atoms with Crippen molar-refractivity contribution < 1.29 is 4.79 Å². The number of benzene rings is 1. The van der Waals surface area contributed by atoms with Crippen molar-refractivity contribution in [2.24, 2.45) is 17.6 Å². The second-order valence-corrected chi connectivity index (χ2v) is 5.29. The summed E-state index contributed by atoms with van der Waals surface area (Å²) in [5.41, 5.74) is 8.52. The van der Waals surface area contributed by atoms with Gasteiger partial charge in [0, 0.05) is 6.54 Å². The molecule has 0 heterocycles. The van der Waals surface area contributed by atoms with E-state index in [-0.39, 0.29) is 5.91 Å². The van der Waals surface area contributed by atoms with Gasteiger partial charge in [0.05, 0.1) is 6.04 Å². The number of nitrogens with two attached hydrogens (primary N) is 1. The Bertz CT molecular complexity index is 455. The lowest BCUT2D eigenvalue weighted by Crippen LogP contribution is -2.39. The summed E-state index contributed by atoms with van der Waals surface area (Å²) in [6.07, 6.45) is 1.18. The van der Waals surface area contributed by atoms with Crippen LogP contribution in [-0.2, 0) is 11.2 Å². The van der Waals surface area contributed by atoms with Gasteiger partial charge in [-0.05, 0) is 42.2 Å². The molecular formula is C14H18N2O. The standard InChI is InChI=1S/C14H18N2O/c1-8(15)14(17)16-7-12-11-6-9-4-2-3-5-10(9)13(11)12/h2-5,8,11-13H,6-7,15H2,1H3,(H,16,17). The molecule has 90 valence electrons. The molecule has 1 aromatic rings. The molecule has 0 saturated heterocycles. The molecule has 0 spiro atoms. The van der Waals surface area contributed by atoms with Gasteiger partial charge >= 0.3 is 0 Å². The highest BCUT2D eigenvalue weighted by molar-refractivity contribution is 5.81. The fraction of sp³-hybridized carbons (Fsp3) is 0.500. The number of hydrogen-bond acceptors (Lipinski definition) is 2. The van der Waals surface area contributed by atoms with E-state index in [1.165, 1.54) is 17.5 Å². The first-order valence-electron chi connectivity index (χ1n) is 6.29. The van der Waals surface area contributed by atoms with Crippen molar-refractivity contribution in [1.82, 2.24) is 5.32 Å². The Morgan fingerprint density at radius 2 is 2.29 bits per heavy atom. The summed E-state index contributed by atoms with van der Waals surface area (Å²) >= 11 is 0. The monoisotopic (exact) mass is 230 g/mol. The van der Waals surface area contributed by atoms with Crippen molar-refractivity contribution in [3.8, 4) is 0 Å². The van der Waals surface area contributed by atoms with Crippen LogP contribution in [0.2, 0.25) is 0 Å². The maximum Gasteiger partial charge on any atom is 0.236 e. The fourth-order valence-corrected chi connectivity index (χ4v) is 3.14. The minimum Gasteiger partial charge on any atom is -0.354 e. The summed E-state index contributed by atoms with van der Waals surface area (Å²) in [5.74, 6) is 2.02. The lowest BCUT2D eigenvalue weighted by Gasteiger charge is -2.10. The maximum absolute atomic E-state index is 11.4. The second kappa shape index (κ2) is 3.84. The average Bonchev–Trinajstić information content (AvgIpc) is 2.85. The predicted octanol–water partition coefficient (Wildman–Crippen LogP) is 1.04. The molecule has 1 saturated carbocycles. The van der Waals surface area contributed by atoms with Crippen molar-refractivity contribution in [2.75, 3.05) is 6.54 Å². The zero-order chi connectivity index (χ0) is 12.0. The first-order valence-corrected chi connectivity index (χ1v) is 6.29. The molecule has 0 aromatic heterocycles. The molecule has 3 nitrogen and oxygen atoms in total. The smallest absolute Gasteiger partial charge is 0.236 e. The van der Waals surface area contributed by atoms with Crippen LogP contribution in [0.5, 0.6) is 0 Å². The third kappa shape index (κ3) is 1.75. The maximum atomic E-state index is 11.4. The number of nitrogens with one attached hydrogen (secondary N) is 1. The van der Waals surface area contributed by atoms with E-state index < -0.39 is 6.04 Å². The summed E-state index contributed by atoms with van der Waals surface area (Å²) in [7, 11) is 0. The minimum atomic E-state index is -0.402. The third-order valence-electron chi connectivity index (χ3n) is 4.13. The van der Waals surface area contributed by atoms with Gasteiger partial charge in [-0.15, -0.1) is 0 Å². The van der Waals surface area contributed by atoms with E-state index in [2.05, 4.69) is 29.6 Å². The van der Waals surface area contributed by atoms with Crippen LogP contribution in [0.3, 0.4) is 0 Å². The normalized spacial score (nSPS) is 30.4. The second-order valence-electron chi connectivity index (χ2n) is 5.29. The number of fused-ring (bicyclic) bond motifs is 3. The van der Waals surface area contributed by atoms with Gasteiger partial charge in [0.2, 0.25) is 5.91 Å². The van der Waals surface area contributed by atoms with Gasteiger partial charge in [-0.2, -0.15) is 0 Å². The number of carbonyl (C=O) groups is 1. The highest BCUT2D eigenvalue weighted by Crippen LogP contribution is 2.60. The Balaban J connectivity index is 1.60. The Morgan fingerprint density at radius 3 is 3.06 bits per heavy atom. The summed E-state index contributed by atoms with van der Waals surface area (Å²) in [6.45, 7) is 2.50. The lowest BCUT2D eigenvalue weighted by molar-refractivity contribution is -0.122. The topological polar surface area (TPSA) is 55.1 Å². The Kier molecular flexibility index (Phi) is 2.44. The van der Waals surface area contributed by atoms with Crippen LogP contribution in [-0.4, -0.2) is 18.5 Å². The molecule has 2 aliphatic carbocycles. The Hall–Kier alpha value is -1.35. The average molecular weight is 230 g/mol. The summed E-state index contributed by atoms with van der Waals surface area (Å²) in [5, 5.41) is 2.94. The van der Waals surface area contributed by atoms with Crippen LogP contribution < -0.4 is 11.1 Å². The molecular weight excluding hydrogens is 212 g/mol. The third-order valence-corrected chi connectivity index (χ3v) is 4.13. The van der Waals surface area contributed by atoms with E-state index >= 15 is 0 Å². The molecule has 1 fully saturated rings. The fourth-order valence-electron chi connectivity index (χ4n) is 3.14. The quantitative estimate of drug-likeness (QED) is 0.815. The van der Waals surface area contributed by atoms with Gasteiger partial charge in [-0.1, -0.05) is 24.3 Å². The van der Waals surface area contributed by atoms with Gasteiger partial charge in [0.1, 0.15) is 0 Å². The molecule has 3 N–H and O–H groups in total. The molecule has 1 amide bonds. The van der Waals surface area contributed by atoms with E-state index in [0.29, 0.717) is 11.8 Å². The largest absolute Gasteiger partial charge is 0.354 e. The number of rotatable bonds is 3. The molecule has 4 atom stereocenters. The molecule has 0 bridgehead atoms. The first-order chi connectivity index (χ1) is 8.18. The van der Waals surface area contributed by atoms with E-state index in [9.17, 15) is 4.79 Å².